The molecular formula is C11H17NO7S. The zero-order chi connectivity index (χ0) is 15.0. The molecule has 20 heavy (non-hydrogen) atoms. The maximum absolute atomic E-state index is 11.7. The molecule has 114 valence electrons. The van der Waals surface area contributed by atoms with Crippen molar-refractivity contribution in [2.75, 3.05) is 33.5 Å². The van der Waals surface area contributed by atoms with Gasteiger partial charge in [-0.15, -0.1) is 0 Å². The van der Waals surface area contributed by atoms with Crippen LogP contribution >= 0.6 is 0 Å². The minimum Gasteiger partial charge on any atom is -0.475 e. The molecule has 0 atom stereocenters. The number of carbonyl (C=O) groups is 1. The van der Waals surface area contributed by atoms with E-state index in [0.717, 1.165) is 12.1 Å². The number of ether oxygens (including phenoxy) is 2. The first kappa shape index (κ1) is 16.6. The van der Waals surface area contributed by atoms with Crippen molar-refractivity contribution in [3.63, 3.8) is 0 Å². The Morgan fingerprint density at radius 3 is 2.70 bits per heavy atom. The van der Waals surface area contributed by atoms with Crippen LogP contribution in [0.2, 0.25) is 0 Å². The van der Waals surface area contributed by atoms with Crippen LogP contribution in [0, 0.1) is 0 Å². The fraction of sp³-hybridized carbons (Fsp3) is 0.545. The van der Waals surface area contributed by atoms with Gasteiger partial charge in [0.25, 0.3) is 10.0 Å². The SMILES string of the molecule is COCCOCCCNS(=O)(=O)c1ccc(C(=O)O)o1. The highest BCUT2D eigenvalue weighted by molar-refractivity contribution is 7.89. The maximum Gasteiger partial charge on any atom is 0.371 e. The van der Waals surface area contributed by atoms with Crippen LogP contribution < -0.4 is 4.72 Å². The quantitative estimate of drug-likeness (QED) is 0.598. The number of nitrogens with one attached hydrogen (secondary N) is 1. The highest BCUT2D eigenvalue weighted by atomic mass is 32.2. The summed E-state index contributed by atoms with van der Waals surface area (Å²) in [6, 6.07) is 2.19. The van der Waals surface area contributed by atoms with Crippen molar-refractivity contribution in [1.82, 2.24) is 4.72 Å². The van der Waals surface area contributed by atoms with Gasteiger partial charge in [0, 0.05) is 20.3 Å². The lowest BCUT2D eigenvalue weighted by atomic mass is 10.5. The second-order valence-electron chi connectivity index (χ2n) is 3.78. The largest absolute Gasteiger partial charge is 0.475 e. The summed E-state index contributed by atoms with van der Waals surface area (Å²) in [6.45, 7) is 1.49. The van der Waals surface area contributed by atoms with Crippen LogP contribution in [0.25, 0.3) is 0 Å². The number of aromatic carboxylic acids is 1. The van der Waals surface area contributed by atoms with Crippen LogP contribution in [0.4, 0.5) is 0 Å². The summed E-state index contributed by atoms with van der Waals surface area (Å²) in [7, 11) is -2.27. The third-order valence-corrected chi connectivity index (χ3v) is 3.58. The summed E-state index contributed by atoms with van der Waals surface area (Å²) < 4.78 is 40.5. The molecule has 0 bridgehead atoms. The Labute approximate surface area is 116 Å². The van der Waals surface area contributed by atoms with Gasteiger partial charge in [0.1, 0.15) is 0 Å². The molecule has 0 aromatic carbocycles. The number of furan rings is 1. The molecule has 2 N–H and O–H groups in total. The average molecular weight is 307 g/mol. The van der Waals surface area contributed by atoms with Gasteiger partial charge in [0.2, 0.25) is 10.9 Å². The minimum atomic E-state index is -3.83. The fourth-order valence-electron chi connectivity index (χ4n) is 1.28. The molecule has 0 saturated carbocycles. The Morgan fingerprint density at radius 1 is 1.35 bits per heavy atom. The molecule has 1 rings (SSSR count). The van der Waals surface area contributed by atoms with Crippen molar-refractivity contribution in [2.45, 2.75) is 11.5 Å². The Kier molecular flexibility index (Phi) is 6.65. The van der Waals surface area contributed by atoms with E-state index in [1.54, 1.807) is 7.11 Å². The van der Waals surface area contributed by atoms with E-state index in [4.69, 9.17) is 19.0 Å². The standard InChI is InChI=1S/C11H17NO7S/c1-17-7-8-18-6-2-5-12-20(15,16)10-4-3-9(19-10)11(13)14/h3-4,12H,2,5-8H2,1H3,(H,13,14). The number of methoxy groups -OCH3 is 1. The summed E-state index contributed by atoms with van der Waals surface area (Å²) in [5.74, 6) is -1.74. The molecular weight excluding hydrogens is 290 g/mol. The van der Waals surface area contributed by atoms with Gasteiger partial charge in [0.15, 0.2) is 0 Å². The lowest BCUT2D eigenvalue weighted by Gasteiger charge is -2.05. The van der Waals surface area contributed by atoms with Gasteiger partial charge in [-0.1, -0.05) is 0 Å². The Hall–Kier alpha value is -1.42. The van der Waals surface area contributed by atoms with Crippen molar-refractivity contribution >= 4 is 16.0 Å². The van der Waals surface area contributed by atoms with E-state index < -0.39 is 26.8 Å². The first-order chi connectivity index (χ1) is 9.47. The van der Waals surface area contributed by atoms with E-state index >= 15 is 0 Å². The van der Waals surface area contributed by atoms with Crippen LogP contribution in [0.1, 0.15) is 17.0 Å². The second-order valence-corrected chi connectivity index (χ2v) is 5.48. The predicted molar refractivity (Wildman–Crippen MR) is 68.2 cm³/mol. The van der Waals surface area contributed by atoms with Gasteiger partial charge in [-0.3, -0.25) is 0 Å². The molecule has 0 amide bonds. The molecule has 1 heterocycles. The van der Waals surface area contributed by atoms with Gasteiger partial charge in [-0.25, -0.2) is 17.9 Å². The molecule has 0 fully saturated rings. The highest BCUT2D eigenvalue weighted by Gasteiger charge is 2.20. The second kappa shape index (κ2) is 8.00. The van der Waals surface area contributed by atoms with Crippen LogP contribution in [0.3, 0.4) is 0 Å². The highest BCUT2D eigenvalue weighted by Crippen LogP contribution is 2.13. The summed E-state index contributed by atoms with van der Waals surface area (Å²) in [4.78, 5) is 10.6. The molecule has 0 unspecified atom stereocenters. The van der Waals surface area contributed by atoms with Crippen molar-refractivity contribution in [1.29, 1.82) is 0 Å². The van der Waals surface area contributed by atoms with Crippen molar-refractivity contribution in [2.24, 2.45) is 0 Å². The zero-order valence-electron chi connectivity index (χ0n) is 11.0. The van der Waals surface area contributed by atoms with E-state index in [0.29, 0.717) is 26.2 Å². The van der Waals surface area contributed by atoms with Crippen LogP contribution in [0.15, 0.2) is 21.6 Å². The van der Waals surface area contributed by atoms with Crippen molar-refractivity contribution < 1.29 is 32.2 Å². The lowest BCUT2D eigenvalue weighted by molar-refractivity contribution is 0.0656. The molecule has 8 nitrogen and oxygen atoms in total. The number of hydrogen-bond acceptors (Lipinski definition) is 6. The van der Waals surface area contributed by atoms with E-state index in [9.17, 15) is 13.2 Å². The van der Waals surface area contributed by atoms with Gasteiger partial charge >= 0.3 is 5.97 Å². The third kappa shape index (κ3) is 5.29. The van der Waals surface area contributed by atoms with Crippen LogP contribution in [0.5, 0.6) is 0 Å². The third-order valence-electron chi connectivity index (χ3n) is 2.25. The van der Waals surface area contributed by atoms with Gasteiger partial charge in [-0.2, -0.15) is 0 Å². The van der Waals surface area contributed by atoms with Crippen LogP contribution in [-0.4, -0.2) is 53.0 Å². The monoisotopic (exact) mass is 307 g/mol. The summed E-state index contributed by atoms with van der Waals surface area (Å²) in [5, 5.41) is 8.22. The number of carboxylic acid groups (broad SMARTS) is 1. The molecule has 1 aromatic heterocycles. The predicted octanol–water partition coefficient (Wildman–Crippen LogP) is 0.309. The first-order valence-electron chi connectivity index (χ1n) is 5.87. The summed E-state index contributed by atoms with van der Waals surface area (Å²) >= 11 is 0. The maximum atomic E-state index is 11.7. The fourth-order valence-corrected chi connectivity index (χ4v) is 2.28. The number of sulfonamides is 1. The number of hydrogen-bond donors (Lipinski definition) is 2. The zero-order valence-corrected chi connectivity index (χ0v) is 11.8. The smallest absolute Gasteiger partial charge is 0.371 e. The molecule has 9 heteroatoms. The molecule has 0 aliphatic heterocycles. The minimum absolute atomic E-state index is 0.165. The van der Waals surface area contributed by atoms with Gasteiger partial charge in [0.05, 0.1) is 13.2 Å². The number of rotatable bonds is 10. The van der Waals surface area contributed by atoms with Crippen molar-refractivity contribution in [3.8, 4) is 0 Å². The topological polar surface area (TPSA) is 115 Å². The van der Waals surface area contributed by atoms with E-state index in [1.807, 2.05) is 0 Å². The molecule has 0 spiro atoms. The van der Waals surface area contributed by atoms with Crippen LogP contribution in [-0.2, 0) is 19.5 Å². The molecule has 0 radical (unpaired) electrons. The van der Waals surface area contributed by atoms with E-state index in [-0.39, 0.29) is 6.54 Å². The molecule has 0 aliphatic carbocycles. The Balaban J connectivity index is 2.36. The van der Waals surface area contributed by atoms with E-state index in [2.05, 4.69) is 4.72 Å². The molecule has 0 saturated heterocycles. The normalized spacial score (nSPS) is 11.7. The Morgan fingerprint density at radius 2 is 2.10 bits per heavy atom. The lowest BCUT2D eigenvalue weighted by Crippen LogP contribution is -2.25. The van der Waals surface area contributed by atoms with Gasteiger partial charge < -0.3 is 19.0 Å². The molecule has 0 aliphatic rings. The average Bonchev–Trinajstić information content (AvgIpc) is 2.88. The van der Waals surface area contributed by atoms with Crippen molar-refractivity contribution in [3.05, 3.63) is 17.9 Å². The Bertz CT molecular complexity index is 523. The van der Waals surface area contributed by atoms with E-state index in [1.165, 1.54) is 0 Å². The van der Waals surface area contributed by atoms with Gasteiger partial charge in [-0.05, 0) is 18.6 Å². The molecule has 1 aromatic rings. The summed E-state index contributed by atoms with van der Waals surface area (Å²) in [5.41, 5.74) is 0. The number of carboxylic acids is 1. The first-order valence-corrected chi connectivity index (χ1v) is 7.35. The summed E-state index contributed by atoms with van der Waals surface area (Å²) in [6.07, 6.45) is 0.482.